The lowest BCUT2D eigenvalue weighted by molar-refractivity contribution is 0.0684. The van der Waals surface area contributed by atoms with Crippen molar-refractivity contribution in [2.75, 3.05) is 26.8 Å². The Kier molecular flexibility index (Phi) is 5.77. The monoisotopic (exact) mass is 227 g/mol. The number of hydrogen-bond donors (Lipinski definition) is 2. The van der Waals surface area contributed by atoms with Crippen molar-refractivity contribution < 1.29 is 4.74 Å². The van der Waals surface area contributed by atoms with Crippen LogP contribution in [0.3, 0.4) is 0 Å². The molecule has 0 aliphatic carbocycles. The molecule has 4 heteroatoms. The highest BCUT2D eigenvalue weighted by Gasteiger charge is 2.25. The zero-order valence-corrected chi connectivity index (χ0v) is 10.5. The molecule has 1 fully saturated rings. The zero-order chi connectivity index (χ0) is 12.0. The Balaban J connectivity index is 2.46. The number of nitrogens with two attached hydrogens (primary N) is 1. The number of hydrogen-bond acceptors (Lipinski definition) is 3. The van der Waals surface area contributed by atoms with Gasteiger partial charge in [0.05, 0.1) is 12.4 Å². The fourth-order valence-electron chi connectivity index (χ4n) is 2.59. The van der Waals surface area contributed by atoms with Crippen LogP contribution in [0.15, 0.2) is 0 Å². The summed E-state index contributed by atoms with van der Waals surface area (Å²) in [6.45, 7) is 5.27. The maximum Gasteiger partial charge on any atom is 0.0921 e. The molecule has 3 N–H and O–H groups in total. The minimum Gasteiger partial charge on any atom is -0.388 e. The van der Waals surface area contributed by atoms with Crippen molar-refractivity contribution in [1.29, 1.82) is 5.41 Å². The molecule has 2 unspecified atom stereocenters. The van der Waals surface area contributed by atoms with Gasteiger partial charge in [-0.15, -0.1) is 0 Å². The SMILES string of the molecule is CCC(CC(=N)N)N1CCCC(COC)C1. The van der Waals surface area contributed by atoms with E-state index in [4.69, 9.17) is 15.9 Å². The van der Waals surface area contributed by atoms with E-state index in [0.717, 1.165) is 26.1 Å². The van der Waals surface area contributed by atoms with Crippen molar-refractivity contribution in [3.63, 3.8) is 0 Å². The van der Waals surface area contributed by atoms with Crippen LogP contribution < -0.4 is 5.73 Å². The van der Waals surface area contributed by atoms with E-state index in [-0.39, 0.29) is 0 Å². The Morgan fingerprint density at radius 3 is 2.94 bits per heavy atom. The second-order valence-corrected chi connectivity index (χ2v) is 4.75. The van der Waals surface area contributed by atoms with Crippen molar-refractivity contribution in [2.45, 2.75) is 38.6 Å². The number of rotatable bonds is 6. The first kappa shape index (κ1) is 13.5. The molecule has 0 aromatic carbocycles. The Hall–Kier alpha value is -0.610. The minimum atomic E-state index is 0.306. The minimum absolute atomic E-state index is 0.306. The molecule has 0 radical (unpaired) electrons. The van der Waals surface area contributed by atoms with Gasteiger partial charge in [-0.1, -0.05) is 6.92 Å². The number of amidine groups is 1. The molecule has 1 aliphatic heterocycles. The van der Waals surface area contributed by atoms with Crippen LogP contribution in [0, 0.1) is 11.3 Å². The summed E-state index contributed by atoms with van der Waals surface area (Å²) in [6, 6.07) is 0.442. The number of piperidine rings is 1. The molecule has 2 atom stereocenters. The third-order valence-corrected chi connectivity index (χ3v) is 3.40. The topological polar surface area (TPSA) is 62.3 Å². The summed E-state index contributed by atoms with van der Waals surface area (Å²) in [7, 11) is 1.77. The molecular weight excluding hydrogens is 202 g/mol. The van der Waals surface area contributed by atoms with Gasteiger partial charge >= 0.3 is 0 Å². The van der Waals surface area contributed by atoms with Crippen LogP contribution in [0.5, 0.6) is 0 Å². The van der Waals surface area contributed by atoms with Crippen LogP contribution in [-0.2, 0) is 4.74 Å². The molecule has 1 saturated heterocycles. The molecule has 0 bridgehead atoms. The van der Waals surface area contributed by atoms with Crippen molar-refractivity contribution in [2.24, 2.45) is 11.7 Å². The van der Waals surface area contributed by atoms with Gasteiger partial charge in [-0.2, -0.15) is 0 Å². The lowest BCUT2D eigenvalue weighted by atomic mass is 9.96. The molecule has 0 saturated carbocycles. The number of methoxy groups -OCH3 is 1. The Labute approximate surface area is 98.6 Å². The fourth-order valence-corrected chi connectivity index (χ4v) is 2.59. The van der Waals surface area contributed by atoms with Gasteiger partial charge in [-0.25, -0.2) is 0 Å². The molecule has 0 aromatic heterocycles. The lowest BCUT2D eigenvalue weighted by Crippen LogP contribution is -2.44. The number of nitrogens with zero attached hydrogens (tertiary/aromatic N) is 1. The summed E-state index contributed by atoms with van der Waals surface area (Å²) in [6.07, 6.45) is 4.28. The predicted molar refractivity (Wildman–Crippen MR) is 66.8 cm³/mol. The number of likely N-dealkylation sites (tertiary alicyclic amines) is 1. The Morgan fingerprint density at radius 1 is 1.62 bits per heavy atom. The van der Waals surface area contributed by atoms with E-state index in [9.17, 15) is 0 Å². The van der Waals surface area contributed by atoms with Crippen LogP contribution in [0.25, 0.3) is 0 Å². The van der Waals surface area contributed by atoms with Crippen molar-refractivity contribution in [1.82, 2.24) is 4.90 Å². The first-order chi connectivity index (χ1) is 7.67. The Bertz CT molecular complexity index is 218. The summed E-state index contributed by atoms with van der Waals surface area (Å²) in [5.41, 5.74) is 5.50. The summed E-state index contributed by atoms with van der Waals surface area (Å²) >= 11 is 0. The first-order valence-corrected chi connectivity index (χ1v) is 6.23. The molecule has 1 rings (SSSR count). The van der Waals surface area contributed by atoms with Gasteiger partial charge in [0, 0.05) is 26.1 Å². The molecule has 1 heterocycles. The average molecular weight is 227 g/mol. The lowest BCUT2D eigenvalue weighted by Gasteiger charge is -2.37. The second kappa shape index (κ2) is 6.86. The highest BCUT2D eigenvalue weighted by Crippen LogP contribution is 2.21. The van der Waals surface area contributed by atoms with E-state index in [2.05, 4.69) is 11.8 Å². The van der Waals surface area contributed by atoms with Gasteiger partial charge in [-0.05, 0) is 31.7 Å². The van der Waals surface area contributed by atoms with Gasteiger partial charge < -0.3 is 10.5 Å². The highest BCUT2D eigenvalue weighted by molar-refractivity contribution is 5.77. The zero-order valence-electron chi connectivity index (χ0n) is 10.5. The Morgan fingerprint density at radius 2 is 2.38 bits per heavy atom. The van der Waals surface area contributed by atoms with E-state index >= 15 is 0 Å². The van der Waals surface area contributed by atoms with Gasteiger partial charge in [0.1, 0.15) is 0 Å². The smallest absolute Gasteiger partial charge is 0.0921 e. The molecule has 0 aromatic rings. The highest BCUT2D eigenvalue weighted by atomic mass is 16.5. The predicted octanol–water partition coefficient (Wildman–Crippen LogP) is 1.45. The molecule has 0 amide bonds. The molecule has 16 heavy (non-hydrogen) atoms. The summed E-state index contributed by atoms with van der Waals surface area (Å²) in [5, 5.41) is 7.40. The van der Waals surface area contributed by atoms with Crippen LogP contribution >= 0.6 is 0 Å². The summed E-state index contributed by atoms with van der Waals surface area (Å²) < 4.78 is 5.23. The van der Waals surface area contributed by atoms with E-state index in [1.807, 2.05) is 0 Å². The van der Waals surface area contributed by atoms with Crippen molar-refractivity contribution >= 4 is 5.84 Å². The third-order valence-electron chi connectivity index (χ3n) is 3.40. The first-order valence-electron chi connectivity index (χ1n) is 6.23. The molecule has 4 nitrogen and oxygen atoms in total. The number of ether oxygens (including phenoxy) is 1. The van der Waals surface area contributed by atoms with Crippen molar-refractivity contribution in [3.05, 3.63) is 0 Å². The van der Waals surface area contributed by atoms with E-state index in [1.165, 1.54) is 12.8 Å². The second-order valence-electron chi connectivity index (χ2n) is 4.75. The van der Waals surface area contributed by atoms with Crippen LogP contribution in [0.2, 0.25) is 0 Å². The summed E-state index contributed by atoms with van der Waals surface area (Å²) in [4.78, 5) is 2.48. The standard InChI is InChI=1S/C12H25N3O/c1-3-11(7-12(13)14)15-6-4-5-10(8-15)9-16-2/h10-11H,3-9H2,1-2H3,(H3,13,14). The van der Waals surface area contributed by atoms with Gasteiger partial charge in [0.25, 0.3) is 0 Å². The third kappa shape index (κ3) is 4.10. The van der Waals surface area contributed by atoms with Gasteiger partial charge in [-0.3, -0.25) is 10.3 Å². The normalized spacial score (nSPS) is 24.2. The van der Waals surface area contributed by atoms with E-state index in [0.29, 0.717) is 24.2 Å². The van der Waals surface area contributed by atoms with Crippen LogP contribution in [-0.4, -0.2) is 43.6 Å². The largest absolute Gasteiger partial charge is 0.388 e. The molecular formula is C12H25N3O. The van der Waals surface area contributed by atoms with Gasteiger partial charge in [0.15, 0.2) is 0 Å². The average Bonchev–Trinajstić information content (AvgIpc) is 2.26. The molecule has 1 aliphatic rings. The van der Waals surface area contributed by atoms with Gasteiger partial charge in [0.2, 0.25) is 0 Å². The maximum absolute atomic E-state index is 7.40. The maximum atomic E-state index is 7.40. The molecule has 0 spiro atoms. The van der Waals surface area contributed by atoms with Crippen LogP contribution in [0.1, 0.15) is 32.6 Å². The quantitative estimate of drug-likeness (QED) is 0.533. The number of nitrogens with one attached hydrogen (secondary N) is 1. The fraction of sp³-hybridized carbons (Fsp3) is 0.917. The van der Waals surface area contributed by atoms with E-state index < -0.39 is 0 Å². The summed E-state index contributed by atoms with van der Waals surface area (Å²) in [5.74, 6) is 0.959. The van der Waals surface area contributed by atoms with Crippen molar-refractivity contribution in [3.8, 4) is 0 Å². The van der Waals surface area contributed by atoms with E-state index in [1.54, 1.807) is 7.11 Å². The van der Waals surface area contributed by atoms with Crippen LogP contribution in [0.4, 0.5) is 0 Å². The molecule has 94 valence electrons.